The minimum Gasteiger partial charge on any atom is -0.494 e. The van der Waals surface area contributed by atoms with E-state index in [-0.39, 0.29) is 0 Å². The standard InChI is InChI=1S/C12H15NOS/c13-12(15)10-3-5-11(6-4-10)14-8-7-9-1-2-9/h3-6,9H,1-2,7-8H2,(H2,13,15). The lowest BCUT2D eigenvalue weighted by atomic mass is 10.2. The molecule has 0 atom stereocenters. The summed E-state index contributed by atoms with van der Waals surface area (Å²) >= 11 is 4.87. The molecule has 0 bridgehead atoms. The first-order valence-electron chi connectivity index (χ1n) is 5.28. The predicted molar refractivity (Wildman–Crippen MR) is 65.2 cm³/mol. The second-order valence-electron chi connectivity index (χ2n) is 3.97. The van der Waals surface area contributed by atoms with Crippen LogP contribution >= 0.6 is 12.2 Å². The van der Waals surface area contributed by atoms with Crippen molar-refractivity contribution < 1.29 is 4.74 Å². The Hall–Kier alpha value is -1.09. The molecule has 1 aliphatic carbocycles. The van der Waals surface area contributed by atoms with Crippen molar-refractivity contribution in [2.75, 3.05) is 6.61 Å². The summed E-state index contributed by atoms with van der Waals surface area (Å²) in [5.41, 5.74) is 6.39. The molecular formula is C12H15NOS. The number of rotatable bonds is 5. The summed E-state index contributed by atoms with van der Waals surface area (Å²) in [6.07, 6.45) is 3.94. The van der Waals surface area contributed by atoms with Crippen molar-refractivity contribution in [2.24, 2.45) is 11.7 Å². The second kappa shape index (κ2) is 4.62. The van der Waals surface area contributed by atoms with Gasteiger partial charge < -0.3 is 10.5 Å². The highest BCUT2D eigenvalue weighted by Crippen LogP contribution is 2.32. The van der Waals surface area contributed by atoms with Gasteiger partial charge in [-0.3, -0.25) is 0 Å². The summed E-state index contributed by atoms with van der Waals surface area (Å²) in [6, 6.07) is 7.63. The normalized spacial score (nSPS) is 14.9. The molecule has 15 heavy (non-hydrogen) atoms. The zero-order valence-corrected chi connectivity index (χ0v) is 9.43. The van der Waals surface area contributed by atoms with Crippen LogP contribution < -0.4 is 10.5 Å². The second-order valence-corrected chi connectivity index (χ2v) is 4.41. The van der Waals surface area contributed by atoms with Gasteiger partial charge in [-0.05, 0) is 36.6 Å². The van der Waals surface area contributed by atoms with Gasteiger partial charge in [-0.15, -0.1) is 0 Å². The highest BCUT2D eigenvalue weighted by Gasteiger charge is 2.20. The maximum atomic E-state index is 5.61. The first kappa shape index (κ1) is 10.4. The summed E-state index contributed by atoms with van der Waals surface area (Å²) in [7, 11) is 0. The molecule has 1 aromatic carbocycles. The average molecular weight is 221 g/mol. The molecule has 1 aliphatic rings. The van der Waals surface area contributed by atoms with Gasteiger partial charge in [0.05, 0.1) is 6.61 Å². The number of thiocarbonyl (C=S) groups is 1. The van der Waals surface area contributed by atoms with E-state index < -0.39 is 0 Å². The van der Waals surface area contributed by atoms with E-state index in [1.165, 1.54) is 19.3 Å². The van der Waals surface area contributed by atoms with E-state index in [1.807, 2.05) is 24.3 Å². The van der Waals surface area contributed by atoms with Gasteiger partial charge in [-0.25, -0.2) is 0 Å². The van der Waals surface area contributed by atoms with Crippen LogP contribution in [0.2, 0.25) is 0 Å². The Balaban J connectivity index is 1.83. The van der Waals surface area contributed by atoms with Crippen LogP contribution in [0, 0.1) is 5.92 Å². The first-order valence-corrected chi connectivity index (χ1v) is 5.69. The minimum absolute atomic E-state index is 0.430. The third kappa shape index (κ3) is 3.20. The van der Waals surface area contributed by atoms with Crippen molar-refractivity contribution in [3.8, 4) is 5.75 Å². The predicted octanol–water partition coefficient (Wildman–Crippen LogP) is 2.50. The van der Waals surface area contributed by atoms with Crippen LogP contribution in [0.25, 0.3) is 0 Å². The highest BCUT2D eigenvalue weighted by molar-refractivity contribution is 7.80. The minimum atomic E-state index is 0.430. The molecule has 0 saturated heterocycles. The number of hydrogen-bond acceptors (Lipinski definition) is 2. The van der Waals surface area contributed by atoms with Crippen molar-refractivity contribution in [2.45, 2.75) is 19.3 Å². The molecule has 3 heteroatoms. The monoisotopic (exact) mass is 221 g/mol. The smallest absolute Gasteiger partial charge is 0.119 e. The number of benzene rings is 1. The van der Waals surface area contributed by atoms with Gasteiger partial charge in [0.25, 0.3) is 0 Å². The molecular weight excluding hydrogens is 206 g/mol. The lowest BCUT2D eigenvalue weighted by molar-refractivity contribution is 0.302. The topological polar surface area (TPSA) is 35.2 Å². The summed E-state index contributed by atoms with van der Waals surface area (Å²) in [6.45, 7) is 0.817. The maximum Gasteiger partial charge on any atom is 0.119 e. The van der Waals surface area contributed by atoms with Crippen LogP contribution in [0.1, 0.15) is 24.8 Å². The molecule has 0 unspecified atom stereocenters. The third-order valence-electron chi connectivity index (χ3n) is 2.63. The van der Waals surface area contributed by atoms with Crippen LogP contribution in [0.3, 0.4) is 0 Å². The van der Waals surface area contributed by atoms with Gasteiger partial charge in [-0.2, -0.15) is 0 Å². The van der Waals surface area contributed by atoms with Crippen molar-refractivity contribution in [1.82, 2.24) is 0 Å². The Morgan fingerprint density at radius 2 is 2.00 bits per heavy atom. The van der Waals surface area contributed by atoms with E-state index in [2.05, 4.69) is 0 Å². The Kier molecular flexibility index (Phi) is 3.21. The number of hydrogen-bond donors (Lipinski definition) is 1. The zero-order chi connectivity index (χ0) is 10.7. The van der Waals surface area contributed by atoms with E-state index in [9.17, 15) is 0 Å². The molecule has 0 aromatic heterocycles. The van der Waals surface area contributed by atoms with E-state index in [4.69, 9.17) is 22.7 Å². The van der Waals surface area contributed by atoms with E-state index in [0.717, 1.165) is 23.8 Å². The van der Waals surface area contributed by atoms with Crippen molar-refractivity contribution in [3.63, 3.8) is 0 Å². The van der Waals surface area contributed by atoms with Crippen LogP contribution in [-0.4, -0.2) is 11.6 Å². The van der Waals surface area contributed by atoms with Gasteiger partial charge in [0, 0.05) is 5.56 Å². The van der Waals surface area contributed by atoms with Gasteiger partial charge in [0.15, 0.2) is 0 Å². The zero-order valence-electron chi connectivity index (χ0n) is 8.61. The van der Waals surface area contributed by atoms with E-state index >= 15 is 0 Å². The Labute approximate surface area is 95.4 Å². The first-order chi connectivity index (χ1) is 7.25. The largest absolute Gasteiger partial charge is 0.494 e. The van der Waals surface area contributed by atoms with Gasteiger partial charge in [-0.1, -0.05) is 25.1 Å². The third-order valence-corrected chi connectivity index (χ3v) is 2.87. The lowest BCUT2D eigenvalue weighted by Gasteiger charge is -2.06. The molecule has 1 aromatic rings. The van der Waals surface area contributed by atoms with Crippen molar-refractivity contribution in [1.29, 1.82) is 0 Å². The molecule has 0 amide bonds. The maximum absolute atomic E-state index is 5.61. The fourth-order valence-corrected chi connectivity index (χ4v) is 1.60. The van der Waals surface area contributed by atoms with Crippen LogP contribution in [0.4, 0.5) is 0 Å². The molecule has 1 fully saturated rings. The van der Waals surface area contributed by atoms with Crippen LogP contribution in [0.5, 0.6) is 5.75 Å². The molecule has 2 N–H and O–H groups in total. The summed E-state index contributed by atoms with van der Waals surface area (Å²) < 4.78 is 5.61. The summed E-state index contributed by atoms with van der Waals surface area (Å²) in [5.74, 6) is 1.82. The quantitative estimate of drug-likeness (QED) is 0.776. The molecule has 0 aliphatic heterocycles. The fraction of sp³-hybridized carbons (Fsp3) is 0.417. The molecule has 1 saturated carbocycles. The molecule has 0 radical (unpaired) electrons. The van der Waals surface area contributed by atoms with Crippen molar-refractivity contribution in [3.05, 3.63) is 29.8 Å². The fourth-order valence-electron chi connectivity index (χ4n) is 1.47. The molecule has 0 spiro atoms. The summed E-state index contributed by atoms with van der Waals surface area (Å²) in [4.78, 5) is 0.430. The Morgan fingerprint density at radius 1 is 1.33 bits per heavy atom. The van der Waals surface area contributed by atoms with Crippen LogP contribution in [0.15, 0.2) is 24.3 Å². The van der Waals surface area contributed by atoms with Gasteiger partial charge in [0.1, 0.15) is 10.7 Å². The Bertz CT molecular complexity index is 343. The SMILES string of the molecule is NC(=S)c1ccc(OCCC2CC2)cc1. The van der Waals surface area contributed by atoms with Crippen LogP contribution in [-0.2, 0) is 0 Å². The van der Waals surface area contributed by atoms with E-state index in [0.29, 0.717) is 4.99 Å². The average Bonchev–Trinajstić information content (AvgIpc) is 3.02. The molecule has 2 nitrogen and oxygen atoms in total. The van der Waals surface area contributed by atoms with Crippen molar-refractivity contribution >= 4 is 17.2 Å². The van der Waals surface area contributed by atoms with E-state index in [1.54, 1.807) is 0 Å². The molecule has 80 valence electrons. The highest BCUT2D eigenvalue weighted by atomic mass is 32.1. The molecule has 2 rings (SSSR count). The summed E-state index contributed by atoms with van der Waals surface area (Å²) in [5, 5.41) is 0. The van der Waals surface area contributed by atoms with Gasteiger partial charge in [0.2, 0.25) is 0 Å². The number of ether oxygens (including phenoxy) is 1. The van der Waals surface area contributed by atoms with Gasteiger partial charge >= 0.3 is 0 Å². The Morgan fingerprint density at radius 3 is 2.53 bits per heavy atom. The molecule has 0 heterocycles. The number of nitrogens with two attached hydrogens (primary N) is 1. The lowest BCUT2D eigenvalue weighted by Crippen LogP contribution is -2.08.